The molecule has 14 heavy (non-hydrogen) atoms. The maximum absolute atomic E-state index is 10.4. The highest BCUT2D eigenvalue weighted by molar-refractivity contribution is 9.10. The zero-order valence-electron chi connectivity index (χ0n) is 8.00. The quantitative estimate of drug-likeness (QED) is 0.751. The molecule has 0 N–H and O–H groups in total. The Morgan fingerprint density at radius 3 is 2.43 bits per heavy atom. The molecule has 1 aliphatic carbocycles. The molecule has 0 atom stereocenters. The molecule has 0 saturated heterocycles. The smallest absolute Gasteiger partial charge is 0.120 e. The van der Waals surface area contributed by atoms with Gasteiger partial charge in [-0.05, 0) is 42.4 Å². The van der Waals surface area contributed by atoms with Crippen LogP contribution in [0, 0.1) is 0 Å². The van der Waals surface area contributed by atoms with Crippen molar-refractivity contribution in [2.75, 3.05) is 0 Å². The Kier molecular flexibility index (Phi) is 2.73. The molecular formula is C12H13BrO. The molecule has 2 heteroatoms. The van der Waals surface area contributed by atoms with Crippen LogP contribution in [-0.2, 0) is 10.2 Å². The third-order valence-electron chi connectivity index (χ3n) is 3.05. The average molecular weight is 253 g/mol. The summed E-state index contributed by atoms with van der Waals surface area (Å²) in [6.07, 6.45) is 5.21. The van der Waals surface area contributed by atoms with Crippen molar-refractivity contribution in [3.05, 3.63) is 34.3 Å². The van der Waals surface area contributed by atoms with Crippen LogP contribution in [-0.4, -0.2) is 6.29 Å². The molecule has 1 fully saturated rings. The van der Waals surface area contributed by atoms with Crippen LogP contribution in [0.2, 0.25) is 0 Å². The summed E-state index contributed by atoms with van der Waals surface area (Å²) in [4.78, 5) is 10.4. The minimum atomic E-state index is 0.335. The van der Waals surface area contributed by atoms with Gasteiger partial charge in [0.15, 0.2) is 0 Å². The van der Waals surface area contributed by atoms with Crippen LogP contribution in [0.4, 0.5) is 0 Å². The molecule has 0 amide bonds. The molecule has 0 aliphatic heterocycles. The van der Waals surface area contributed by atoms with Crippen LogP contribution in [0.1, 0.15) is 31.2 Å². The molecule has 2 rings (SSSR count). The van der Waals surface area contributed by atoms with Gasteiger partial charge in [-0.1, -0.05) is 28.1 Å². The molecule has 1 nitrogen and oxygen atoms in total. The Morgan fingerprint density at radius 2 is 1.93 bits per heavy atom. The Labute approximate surface area is 92.6 Å². The molecule has 0 spiro atoms. The summed E-state index contributed by atoms with van der Waals surface area (Å²) in [5.74, 6) is 0. The van der Waals surface area contributed by atoms with E-state index in [1.165, 1.54) is 18.4 Å². The topological polar surface area (TPSA) is 17.1 Å². The SMILES string of the molecule is O=CCCC1(c2ccc(Br)cc2)CC1. The second-order valence-corrected chi connectivity index (χ2v) is 4.91. The first-order chi connectivity index (χ1) is 6.77. The standard InChI is InChI=1S/C12H13BrO/c13-11-4-2-10(3-5-11)12(7-8-12)6-1-9-14/h2-5,9H,1,6-8H2. The van der Waals surface area contributed by atoms with E-state index in [0.717, 1.165) is 17.2 Å². The summed E-state index contributed by atoms with van der Waals surface area (Å²) >= 11 is 3.43. The maximum atomic E-state index is 10.4. The van der Waals surface area contributed by atoms with E-state index in [1.807, 2.05) is 0 Å². The Bertz CT molecular complexity index is 325. The molecular weight excluding hydrogens is 240 g/mol. The predicted molar refractivity (Wildman–Crippen MR) is 60.4 cm³/mol. The predicted octanol–water partition coefficient (Wildman–Crippen LogP) is 3.46. The normalized spacial score (nSPS) is 17.8. The second kappa shape index (κ2) is 3.85. The number of hydrogen-bond donors (Lipinski definition) is 0. The summed E-state index contributed by atoms with van der Waals surface area (Å²) in [6.45, 7) is 0. The summed E-state index contributed by atoms with van der Waals surface area (Å²) < 4.78 is 1.12. The van der Waals surface area contributed by atoms with Gasteiger partial charge in [0.25, 0.3) is 0 Å². The van der Waals surface area contributed by atoms with Crippen LogP contribution in [0.5, 0.6) is 0 Å². The van der Waals surface area contributed by atoms with Crippen LogP contribution >= 0.6 is 15.9 Å². The number of aldehydes is 1. The Morgan fingerprint density at radius 1 is 1.29 bits per heavy atom. The van der Waals surface area contributed by atoms with E-state index < -0.39 is 0 Å². The fraction of sp³-hybridized carbons (Fsp3) is 0.417. The molecule has 0 unspecified atom stereocenters. The van der Waals surface area contributed by atoms with Gasteiger partial charge in [0, 0.05) is 10.9 Å². The number of rotatable bonds is 4. The fourth-order valence-electron chi connectivity index (χ4n) is 1.97. The van der Waals surface area contributed by atoms with Crippen molar-refractivity contribution in [2.24, 2.45) is 0 Å². The molecule has 1 aromatic carbocycles. The van der Waals surface area contributed by atoms with Crippen molar-refractivity contribution in [3.8, 4) is 0 Å². The van der Waals surface area contributed by atoms with Gasteiger partial charge in [-0.15, -0.1) is 0 Å². The highest BCUT2D eigenvalue weighted by Gasteiger charge is 2.43. The van der Waals surface area contributed by atoms with Crippen LogP contribution in [0.15, 0.2) is 28.7 Å². The van der Waals surface area contributed by atoms with Crippen molar-refractivity contribution in [3.63, 3.8) is 0 Å². The van der Waals surface area contributed by atoms with Gasteiger partial charge in [-0.3, -0.25) is 0 Å². The van der Waals surface area contributed by atoms with Crippen molar-refractivity contribution < 1.29 is 4.79 Å². The zero-order valence-corrected chi connectivity index (χ0v) is 9.59. The maximum Gasteiger partial charge on any atom is 0.120 e. The Balaban J connectivity index is 2.13. The lowest BCUT2D eigenvalue weighted by molar-refractivity contribution is -0.108. The fourth-order valence-corrected chi connectivity index (χ4v) is 2.24. The van der Waals surface area contributed by atoms with E-state index in [-0.39, 0.29) is 0 Å². The van der Waals surface area contributed by atoms with Gasteiger partial charge in [0.05, 0.1) is 0 Å². The number of carbonyl (C=O) groups excluding carboxylic acids is 1. The molecule has 0 radical (unpaired) electrons. The minimum absolute atomic E-state index is 0.335. The monoisotopic (exact) mass is 252 g/mol. The van der Waals surface area contributed by atoms with Crippen molar-refractivity contribution in [2.45, 2.75) is 31.1 Å². The molecule has 0 bridgehead atoms. The van der Waals surface area contributed by atoms with Crippen molar-refractivity contribution in [1.82, 2.24) is 0 Å². The molecule has 1 aromatic rings. The highest BCUT2D eigenvalue weighted by atomic mass is 79.9. The van der Waals surface area contributed by atoms with Gasteiger partial charge >= 0.3 is 0 Å². The number of halogens is 1. The van der Waals surface area contributed by atoms with E-state index in [1.54, 1.807) is 0 Å². The van der Waals surface area contributed by atoms with Gasteiger partial charge < -0.3 is 4.79 Å². The lowest BCUT2D eigenvalue weighted by Crippen LogP contribution is -2.06. The first kappa shape index (κ1) is 9.91. The average Bonchev–Trinajstić information content (AvgIpc) is 2.97. The van der Waals surface area contributed by atoms with Crippen LogP contribution in [0.25, 0.3) is 0 Å². The largest absolute Gasteiger partial charge is 0.303 e. The lowest BCUT2D eigenvalue weighted by atomic mass is 9.91. The van der Waals surface area contributed by atoms with Crippen molar-refractivity contribution >= 4 is 22.2 Å². The van der Waals surface area contributed by atoms with E-state index in [0.29, 0.717) is 11.8 Å². The zero-order chi connectivity index (χ0) is 10.0. The number of benzene rings is 1. The molecule has 1 aliphatic rings. The lowest BCUT2D eigenvalue weighted by Gasteiger charge is -2.13. The number of carbonyl (C=O) groups is 1. The second-order valence-electron chi connectivity index (χ2n) is 3.99. The van der Waals surface area contributed by atoms with E-state index in [4.69, 9.17) is 0 Å². The third kappa shape index (κ3) is 1.90. The van der Waals surface area contributed by atoms with Gasteiger partial charge in [-0.2, -0.15) is 0 Å². The third-order valence-corrected chi connectivity index (χ3v) is 3.58. The van der Waals surface area contributed by atoms with E-state index in [9.17, 15) is 4.79 Å². The minimum Gasteiger partial charge on any atom is -0.303 e. The molecule has 1 saturated carbocycles. The van der Waals surface area contributed by atoms with Crippen molar-refractivity contribution in [1.29, 1.82) is 0 Å². The van der Waals surface area contributed by atoms with Crippen LogP contribution < -0.4 is 0 Å². The summed E-state index contributed by atoms with van der Waals surface area (Å²) in [5.41, 5.74) is 1.73. The highest BCUT2D eigenvalue weighted by Crippen LogP contribution is 2.51. The van der Waals surface area contributed by atoms with Gasteiger partial charge in [0.2, 0.25) is 0 Å². The summed E-state index contributed by atoms with van der Waals surface area (Å²) in [7, 11) is 0. The Hall–Kier alpha value is -0.630. The van der Waals surface area contributed by atoms with Crippen LogP contribution in [0.3, 0.4) is 0 Å². The number of hydrogen-bond acceptors (Lipinski definition) is 1. The van der Waals surface area contributed by atoms with E-state index in [2.05, 4.69) is 40.2 Å². The molecule has 0 aromatic heterocycles. The first-order valence-electron chi connectivity index (χ1n) is 4.96. The van der Waals surface area contributed by atoms with Gasteiger partial charge in [0.1, 0.15) is 6.29 Å². The molecule has 0 heterocycles. The first-order valence-corrected chi connectivity index (χ1v) is 5.76. The van der Waals surface area contributed by atoms with Gasteiger partial charge in [-0.25, -0.2) is 0 Å². The summed E-state index contributed by atoms with van der Waals surface area (Å²) in [5, 5.41) is 0. The molecule has 74 valence electrons. The summed E-state index contributed by atoms with van der Waals surface area (Å²) in [6, 6.07) is 8.50. The van der Waals surface area contributed by atoms with E-state index >= 15 is 0 Å².